The van der Waals surface area contributed by atoms with Crippen LogP contribution in [-0.2, 0) is 5.88 Å². The molecule has 0 saturated heterocycles. The fourth-order valence-corrected chi connectivity index (χ4v) is 1.00. The van der Waals surface area contributed by atoms with Crippen LogP contribution in [0.2, 0.25) is 0 Å². The average molecular weight is 211 g/mol. The van der Waals surface area contributed by atoms with Crippen LogP contribution in [0.25, 0.3) is 0 Å². The van der Waals surface area contributed by atoms with E-state index in [4.69, 9.17) is 17.3 Å². The highest BCUT2D eigenvalue weighted by Crippen LogP contribution is 2.23. The first-order chi connectivity index (χ1) is 6.06. The van der Waals surface area contributed by atoms with Crippen LogP contribution in [0.4, 0.5) is 18.9 Å². The highest BCUT2D eigenvalue weighted by Gasteiger charge is 2.15. The van der Waals surface area contributed by atoms with Crippen LogP contribution >= 0.6 is 11.6 Å². The van der Waals surface area contributed by atoms with Gasteiger partial charge in [0.2, 0.25) is 0 Å². The van der Waals surface area contributed by atoms with Crippen LogP contribution in [0.15, 0.2) is 6.07 Å². The summed E-state index contributed by atoms with van der Waals surface area (Å²) in [6.45, 7) is 0. The first-order valence-electron chi connectivity index (χ1n) is 3.35. The van der Waals surface area contributed by atoms with Gasteiger partial charge in [0.05, 0.1) is 17.3 Å². The van der Waals surface area contributed by atoms with Crippen molar-refractivity contribution in [3.8, 4) is 0 Å². The van der Waals surface area contributed by atoms with E-state index in [9.17, 15) is 13.2 Å². The largest absolute Gasteiger partial charge is 0.396 e. The molecule has 2 N–H and O–H groups in total. The van der Waals surface area contributed by atoms with Crippen molar-refractivity contribution in [2.75, 3.05) is 5.73 Å². The Morgan fingerprint density at radius 2 is 2.15 bits per heavy atom. The molecule has 0 aliphatic heterocycles. The first kappa shape index (κ1) is 10.1. The summed E-state index contributed by atoms with van der Waals surface area (Å²) in [4.78, 5) is 3.31. The lowest BCUT2D eigenvalue weighted by molar-refractivity contribution is 0.145. The molecule has 0 saturated carbocycles. The van der Waals surface area contributed by atoms with Gasteiger partial charge in [-0.25, -0.2) is 18.2 Å². The molecule has 0 aromatic carbocycles. The Labute approximate surface area is 77.5 Å². The molecule has 0 fully saturated rings. The number of hydrogen-bond donors (Lipinski definition) is 1. The second-order valence-corrected chi connectivity index (χ2v) is 2.60. The summed E-state index contributed by atoms with van der Waals surface area (Å²) < 4.78 is 37.2. The Morgan fingerprint density at radius 1 is 1.54 bits per heavy atom. The Hall–Kier alpha value is -0.970. The van der Waals surface area contributed by atoms with Crippen molar-refractivity contribution in [3.63, 3.8) is 0 Å². The van der Waals surface area contributed by atoms with Crippen LogP contribution in [-0.4, -0.2) is 4.98 Å². The van der Waals surface area contributed by atoms with E-state index in [1.165, 1.54) is 0 Å². The molecule has 0 amide bonds. The Bertz CT molecular complexity index is 317. The van der Waals surface area contributed by atoms with Crippen molar-refractivity contribution in [1.82, 2.24) is 4.98 Å². The van der Waals surface area contributed by atoms with Gasteiger partial charge in [0.1, 0.15) is 5.69 Å². The van der Waals surface area contributed by atoms with Gasteiger partial charge in [-0.2, -0.15) is 0 Å². The molecule has 0 spiro atoms. The van der Waals surface area contributed by atoms with Crippen LogP contribution in [0.1, 0.15) is 17.8 Å². The number of nitrogen functional groups attached to an aromatic ring is 1. The SMILES string of the molecule is Nc1cc(C(F)F)nc(CCl)c1F. The molecule has 0 bridgehead atoms. The highest BCUT2D eigenvalue weighted by molar-refractivity contribution is 6.16. The third-order valence-corrected chi connectivity index (χ3v) is 1.68. The Balaban J connectivity index is 3.22. The van der Waals surface area contributed by atoms with E-state index < -0.39 is 17.9 Å². The average Bonchev–Trinajstić information content (AvgIpc) is 2.09. The smallest absolute Gasteiger partial charge is 0.280 e. The van der Waals surface area contributed by atoms with Crippen LogP contribution in [0, 0.1) is 5.82 Å². The van der Waals surface area contributed by atoms with Crippen molar-refractivity contribution in [3.05, 3.63) is 23.3 Å². The minimum absolute atomic E-state index is 0.253. The number of nitrogens with two attached hydrogens (primary N) is 1. The molecule has 6 heteroatoms. The standard InChI is InChI=1S/C7H6ClF3N2/c8-2-5-6(9)3(12)1-4(13-5)7(10)11/h1,7H,2H2,(H2,12,13). The maximum absolute atomic E-state index is 12.9. The first-order valence-corrected chi connectivity index (χ1v) is 3.88. The number of rotatable bonds is 2. The summed E-state index contributed by atoms with van der Waals surface area (Å²) in [5.41, 5.74) is 3.95. The van der Waals surface area contributed by atoms with Crippen molar-refractivity contribution in [2.45, 2.75) is 12.3 Å². The lowest BCUT2D eigenvalue weighted by Gasteiger charge is -2.05. The molecule has 1 heterocycles. The number of halogens is 4. The normalized spacial score (nSPS) is 10.8. The molecule has 1 rings (SSSR count). The monoisotopic (exact) mass is 210 g/mol. The second-order valence-electron chi connectivity index (χ2n) is 2.33. The van der Waals surface area contributed by atoms with Crippen molar-refractivity contribution < 1.29 is 13.2 Å². The fraction of sp³-hybridized carbons (Fsp3) is 0.286. The highest BCUT2D eigenvalue weighted by atomic mass is 35.5. The molecule has 0 unspecified atom stereocenters. The van der Waals surface area contributed by atoms with E-state index in [0.29, 0.717) is 0 Å². The van der Waals surface area contributed by atoms with Gasteiger partial charge in [-0.05, 0) is 6.07 Å². The van der Waals surface area contributed by atoms with Crippen LogP contribution < -0.4 is 5.73 Å². The number of nitrogens with zero attached hydrogens (tertiary/aromatic N) is 1. The summed E-state index contributed by atoms with van der Waals surface area (Å²) in [5.74, 6) is -1.12. The van der Waals surface area contributed by atoms with Gasteiger partial charge in [0.25, 0.3) is 6.43 Å². The predicted octanol–water partition coefficient (Wildman–Crippen LogP) is 2.48. The molecule has 0 aliphatic rings. The van der Waals surface area contributed by atoms with Gasteiger partial charge in [-0.3, -0.25) is 0 Å². The zero-order valence-electron chi connectivity index (χ0n) is 6.40. The lowest BCUT2D eigenvalue weighted by Crippen LogP contribution is -2.03. The summed E-state index contributed by atoms with van der Waals surface area (Å²) in [6.07, 6.45) is -2.77. The molecular formula is C7H6ClF3N2. The summed E-state index contributed by atoms with van der Waals surface area (Å²) in [6, 6.07) is 0.802. The minimum Gasteiger partial charge on any atom is -0.396 e. The maximum Gasteiger partial charge on any atom is 0.280 e. The third-order valence-electron chi connectivity index (χ3n) is 1.42. The predicted molar refractivity (Wildman–Crippen MR) is 43.1 cm³/mol. The zero-order valence-corrected chi connectivity index (χ0v) is 7.15. The second kappa shape index (κ2) is 3.83. The van der Waals surface area contributed by atoms with E-state index in [0.717, 1.165) is 6.07 Å². The number of hydrogen-bond acceptors (Lipinski definition) is 2. The van der Waals surface area contributed by atoms with E-state index in [-0.39, 0.29) is 17.3 Å². The Morgan fingerprint density at radius 3 is 2.62 bits per heavy atom. The van der Waals surface area contributed by atoms with Gasteiger partial charge in [0.15, 0.2) is 5.82 Å². The van der Waals surface area contributed by atoms with Crippen molar-refractivity contribution in [2.24, 2.45) is 0 Å². The van der Waals surface area contributed by atoms with E-state index >= 15 is 0 Å². The number of alkyl halides is 3. The van der Waals surface area contributed by atoms with Gasteiger partial charge in [0, 0.05) is 0 Å². The molecule has 2 nitrogen and oxygen atoms in total. The summed E-state index contributed by atoms with van der Waals surface area (Å²) in [7, 11) is 0. The third kappa shape index (κ3) is 2.03. The van der Waals surface area contributed by atoms with E-state index in [2.05, 4.69) is 4.98 Å². The summed E-state index contributed by atoms with van der Waals surface area (Å²) in [5, 5.41) is 0. The molecule has 72 valence electrons. The quantitative estimate of drug-likeness (QED) is 0.762. The van der Waals surface area contributed by atoms with Crippen molar-refractivity contribution >= 4 is 17.3 Å². The summed E-state index contributed by atoms with van der Waals surface area (Å²) >= 11 is 5.28. The molecule has 0 atom stereocenters. The molecule has 1 aromatic heterocycles. The molecule has 0 radical (unpaired) electrons. The zero-order chi connectivity index (χ0) is 10.0. The van der Waals surface area contributed by atoms with Crippen LogP contribution in [0.5, 0.6) is 0 Å². The number of pyridine rings is 1. The molecule has 0 aliphatic carbocycles. The van der Waals surface area contributed by atoms with Crippen molar-refractivity contribution in [1.29, 1.82) is 0 Å². The van der Waals surface area contributed by atoms with E-state index in [1.54, 1.807) is 0 Å². The Kier molecular flexibility index (Phi) is 2.98. The van der Waals surface area contributed by atoms with Gasteiger partial charge < -0.3 is 5.73 Å². The minimum atomic E-state index is -2.77. The number of anilines is 1. The van der Waals surface area contributed by atoms with Gasteiger partial charge >= 0.3 is 0 Å². The van der Waals surface area contributed by atoms with Crippen LogP contribution in [0.3, 0.4) is 0 Å². The van der Waals surface area contributed by atoms with Gasteiger partial charge in [-0.15, -0.1) is 11.6 Å². The number of aromatic nitrogens is 1. The molecule has 13 heavy (non-hydrogen) atoms. The molecular weight excluding hydrogens is 205 g/mol. The lowest BCUT2D eigenvalue weighted by atomic mass is 10.2. The van der Waals surface area contributed by atoms with Gasteiger partial charge in [-0.1, -0.05) is 0 Å². The topological polar surface area (TPSA) is 38.9 Å². The molecule has 1 aromatic rings. The maximum atomic E-state index is 12.9. The van der Waals surface area contributed by atoms with E-state index in [1.807, 2.05) is 0 Å². The fourth-order valence-electron chi connectivity index (χ4n) is 0.827.